The summed E-state index contributed by atoms with van der Waals surface area (Å²) >= 11 is -2.40. The van der Waals surface area contributed by atoms with Gasteiger partial charge in [-0.1, -0.05) is 0 Å². The molecule has 3 heteroatoms. The van der Waals surface area contributed by atoms with Gasteiger partial charge >= 0.3 is 65.9 Å². The van der Waals surface area contributed by atoms with E-state index in [0.717, 1.165) is 17.5 Å². The maximum absolute atomic E-state index is 6.12. The van der Waals surface area contributed by atoms with Crippen LogP contribution in [-0.2, 0) is 3.07 Å². The monoisotopic (exact) mass is 258 g/mol. The first-order valence-electron chi connectivity index (χ1n) is 3.45. The standard InChI is InChI=1S/C3H7.C2H5O.CH3.ClH.Sn/c1-3-2;1-2-3;;;/h1,3H2,2H3;2H2,1H3;1H3;1H;/q;-1;;;+2/p-1. The Morgan fingerprint density at radius 2 is 2.00 bits per heavy atom. The van der Waals surface area contributed by atoms with Crippen LogP contribution in [0.15, 0.2) is 0 Å². The normalized spacial score (nSPS) is 17.3. The van der Waals surface area contributed by atoms with Crippen molar-refractivity contribution in [2.45, 2.75) is 29.6 Å². The van der Waals surface area contributed by atoms with Crippen molar-refractivity contribution in [3.05, 3.63) is 0 Å². The van der Waals surface area contributed by atoms with Gasteiger partial charge in [0.25, 0.3) is 0 Å². The molecule has 0 aliphatic carbocycles. The van der Waals surface area contributed by atoms with E-state index in [9.17, 15) is 0 Å². The molecule has 0 aromatic rings. The number of rotatable bonds is 4. The van der Waals surface area contributed by atoms with Gasteiger partial charge in [0.05, 0.1) is 0 Å². The van der Waals surface area contributed by atoms with Gasteiger partial charge in [0.2, 0.25) is 0 Å². The number of halogens is 1. The topological polar surface area (TPSA) is 9.23 Å². The molecule has 0 N–H and O–H groups in total. The summed E-state index contributed by atoms with van der Waals surface area (Å²) in [6.07, 6.45) is 1.16. The summed E-state index contributed by atoms with van der Waals surface area (Å²) in [5, 5.41) is 0. The summed E-state index contributed by atoms with van der Waals surface area (Å²) in [6.45, 7) is 4.94. The summed E-state index contributed by atoms with van der Waals surface area (Å²) in [4.78, 5) is 2.11. The minimum atomic E-state index is -2.40. The van der Waals surface area contributed by atoms with Gasteiger partial charge in [-0.25, -0.2) is 0 Å². The first kappa shape index (κ1) is 10.0. The van der Waals surface area contributed by atoms with Crippen LogP contribution in [0.5, 0.6) is 0 Å². The van der Waals surface area contributed by atoms with E-state index in [0.29, 0.717) is 0 Å². The van der Waals surface area contributed by atoms with E-state index >= 15 is 0 Å². The molecule has 0 amide bonds. The van der Waals surface area contributed by atoms with Gasteiger partial charge in [-0.3, -0.25) is 0 Å². The number of hydrogen-bond donors (Lipinski definition) is 0. The van der Waals surface area contributed by atoms with Gasteiger partial charge in [-0.2, -0.15) is 0 Å². The van der Waals surface area contributed by atoms with Gasteiger partial charge in [-0.15, -0.1) is 0 Å². The van der Waals surface area contributed by atoms with E-state index < -0.39 is 17.7 Å². The molecule has 9 heavy (non-hydrogen) atoms. The molecule has 0 radical (unpaired) electrons. The van der Waals surface area contributed by atoms with Crippen LogP contribution < -0.4 is 0 Å². The van der Waals surface area contributed by atoms with Gasteiger partial charge in [-0.05, 0) is 0 Å². The Hall–Kier alpha value is 1.05. The van der Waals surface area contributed by atoms with Crippen molar-refractivity contribution in [1.29, 1.82) is 0 Å². The second-order valence-electron chi connectivity index (χ2n) is 2.28. The molecule has 0 bridgehead atoms. The van der Waals surface area contributed by atoms with Crippen LogP contribution in [0.2, 0.25) is 9.38 Å². The van der Waals surface area contributed by atoms with Gasteiger partial charge in [0, 0.05) is 0 Å². The Kier molecular flexibility index (Phi) is 5.36. The Bertz CT molecular complexity index is 67.5. The average molecular weight is 257 g/mol. The molecule has 1 nitrogen and oxygen atoms in total. The molecule has 0 heterocycles. The third-order valence-electron chi connectivity index (χ3n) is 1.14. The van der Waals surface area contributed by atoms with Gasteiger partial charge < -0.3 is 0 Å². The van der Waals surface area contributed by atoms with Crippen LogP contribution in [0, 0.1) is 0 Å². The first-order chi connectivity index (χ1) is 4.12. The van der Waals surface area contributed by atoms with Gasteiger partial charge in [0.15, 0.2) is 0 Å². The van der Waals surface area contributed by atoms with Crippen molar-refractivity contribution in [2.75, 3.05) is 6.61 Å². The van der Waals surface area contributed by atoms with E-state index in [1.165, 1.54) is 0 Å². The molecule has 0 saturated heterocycles. The van der Waals surface area contributed by atoms with Crippen LogP contribution in [0.25, 0.3) is 0 Å². The Labute approximate surface area is 65.9 Å². The van der Waals surface area contributed by atoms with Crippen LogP contribution in [0.3, 0.4) is 0 Å². The molecule has 0 fully saturated rings. The van der Waals surface area contributed by atoms with Crippen molar-refractivity contribution in [2.24, 2.45) is 0 Å². The summed E-state index contributed by atoms with van der Waals surface area (Å²) < 4.78 is 6.57. The van der Waals surface area contributed by atoms with Crippen LogP contribution in [0.4, 0.5) is 0 Å². The van der Waals surface area contributed by atoms with Crippen molar-refractivity contribution >= 4 is 26.6 Å². The third kappa shape index (κ3) is 5.49. The van der Waals surface area contributed by atoms with Crippen molar-refractivity contribution in [1.82, 2.24) is 0 Å². The van der Waals surface area contributed by atoms with Crippen molar-refractivity contribution < 1.29 is 3.07 Å². The maximum atomic E-state index is 6.12. The van der Waals surface area contributed by atoms with Gasteiger partial charge in [0.1, 0.15) is 0 Å². The molecule has 1 atom stereocenters. The van der Waals surface area contributed by atoms with E-state index in [-0.39, 0.29) is 0 Å². The molecule has 0 aliphatic rings. The van der Waals surface area contributed by atoms with Crippen LogP contribution >= 0.6 is 8.92 Å². The zero-order valence-corrected chi connectivity index (χ0v) is 10.0. The van der Waals surface area contributed by atoms with E-state index in [4.69, 9.17) is 12.0 Å². The van der Waals surface area contributed by atoms with Crippen molar-refractivity contribution in [3.8, 4) is 0 Å². The zero-order valence-electron chi connectivity index (χ0n) is 6.41. The molecule has 0 spiro atoms. The molecule has 0 aromatic carbocycles. The summed E-state index contributed by atoms with van der Waals surface area (Å²) in [6, 6.07) is 0. The molecule has 0 aliphatic heterocycles. The average Bonchev–Trinajstić information content (AvgIpc) is 1.64. The summed E-state index contributed by atoms with van der Waals surface area (Å²) in [5.74, 6) is 0. The van der Waals surface area contributed by atoms with Crippen LogP contribution in [-0.4, -0.2) is 24.3 Å². The fourth-order valence-corrected chi connectivity index (χ4v) is 7.50. The second-order valence-corrected chi connectivity index (χ2v) is 16.2. The van der Waals surface area contributed by atoms with Crippen LogP contribution in [0.1, 0.15) is 20.3 Å². The third-order valence-corrected chi connectivity index (χ3v) is 9.66. The van der Waals surface area contributed by atoms with E-state index in [1.807, 2.05) is 6.92 Å². The molecule has 56 valence electrons. The summed E-state index contributed by atoms with van der Waals surface area (Å²) in [5.41, 5.74) is 0. The Balaban J connectivity index is 3.43. The minimum absolute atomic E-state index is 0.788. The predicted octanol–water partition coefficient (Wildman–Crippen LogP) is 2.74. The molecular formula is C6H15ClOSn. The van der Waals surface area contributed by atoms with E-state index in [2.05, 4.69) is 11.9 Å². The first-order valence-corrected chi connectivity index (χ1v) is 13.1. The number of hydrogen-bond acceptors (Lipinski definition) is 1. The Morgan fingerprint density at radius 1 is 1.44 bits per heavy atom. The molecule has 0 saturated carbocycles. The SMILES string of the molecule is CC[CH2][Sn]([CH3])([Cl])[O]CC. The molecule has 0 rings (SSSR count). The quantitative estimate of drug-likeness (QED) is 0.704. The predicted molar refractivity (Wildman–Crippen MR) is 44.2 cm³/mol. The summed E-state index contributed by atoms with van der Waals surface area (Å²) in [7, 11) is 6.12. The fraction of sp³-hybridized carbons (Fsp3) is 1.00. The zero-order chi connectivity index (χ0) is 7.33. The molecule has 0 aromatic heterocycles. The van der Waals surface area contributed by atoms with E-state index in [1.54, 1.807) is 0 Å². The Morgan fingerprint density at radius 3 is 2.33 bits per heavy atom. The van der Waals surface area contributed by atoms with Crippen molar-refractivity contribution in [3.63, 3.8) is 0 Å². The molecular weight excluding hydrogens is 242 g/mol. The molecule has 1 unspecified atom stereocenters. The fourth-order valence-electron chi connectivity index (χ4n) is 0.820. The second kappa shape index (κ2) is 4.80.